The predicted octanol–water partition coefficient (Wildman–Crippen LogP) is 1.40. The highest BCUT2D eigenvalue weighted by molar-refractivity contribution is 5.95. The summed E-state index contributed by atoms with van der Waals surface area (Å²) in [6, 6.07) is 2.41. The number of carboxylic acid groups (broad SMARTS) is 2. The molecule has 0 amide bonds. The number of carboxylic acids is 2. The summed E-state index contributed by atoms with van der Waals surface area (Å²) >= 11 is 0. The Morgan fingerprint density at radius 3 is 2.20 bits per heavy atom. The van der Waals surface area contributed by atoms with Gasteiger partial charge in [0.25, 0.3) is 0 Å². The first kappa shape index (κ1) is 11.0. The van der Waals surface area contributed by atoms with E-state index in [4.69, 9.17) is 14.9 Å². The van der Waals surface area contributed by atoms with Crippen LogP contribution in [0.15, 0.2) is 12.1 Å². The van der Waals surface area contributed by atoms with E-state index in [0.717, 1.165) is 6.07 Å². The van der Waals surface area contributed by atoms with Gasteiger partial charge in [0.2, 0.25) is 0 Å². The van der Waals surface area contributed by atoms with Crippen LogP contribution >= 0.6 is 0 Å². The van der Waals surface area contributed by atoms with Crippen molar-refractivity contribution >= 4 is 11.9 Å². The van der Waals surface area contributed by atoms with Crippen molar-refractivity contribution in [3.63, 3.8) is 0 Å². The van der Waals surface area contributed by atoms with Crippen LogP contribution in [0, 0.1) is 6.92 Å². The first-order valence-corrected chi connectivity index (χ1v) is 4.12. The summed E-state index contributed by atoms with van der Waals surface area (Å²) in [5, 5.41) is 17.6. The number of benzene rings is 1. The highest BCUT2D eigenvalue weighted by atomic mass is 16.5. The van der Waals surface area contributed by atoms with Crippen LogP contribution in [0.25, 0.3) is 0 Å². The van der Waals surface area contributed by atoms with Gasteiger partial charge in [-0.05, 0) is 19.1 Å². The summed E-state index contributed by atoms with van der Waals surface area (Å²) in [7, 11) is 1.36. The molecule has 5 nitrogen and oxygen atoms in total. The lowest BCUT2D eigenvalue weighted by Crippen LogP contribution is -2.06. The molecule has 0 aliphatic carbocycles. The summed E-state index contributed by atoms with van der Waals surface area (Å²) in [5.41, 5.74) is 0.247. The molecule has 0 bridgehead atoms. The number of carbonyl (C=O) groups is 2. The van der Waals surface area contributed by atoms with Gasteiger partial charge < -0.3 is 14.9 Å². The molecule has 0 fully saturated rings. The Labute approximate surface area is 85.9 Å². The zero-order chi connectivity index (χ0) is 11.6. The monoisotopic (exact) mass is 210 g/mol. The first-order chi connectivity index (χ1) is 6.97. The van der Waals surface area contributed by atoms with Crippen molar-refractivity contribution in [2.24, 2.45) is 0 Å². The Balaban J connectivity index is 3.45. The van der Waals surface area contributed by atoms with Crippen LogP contribution in [0.1, 0.15) is 26.3 Å². The molecule has 1 aromatic rings. The van der Waals surface area contributed by atoms with Gasteiger partial charge in [-0.2, -0.15) is 0 Å². The van der Waals surface area contributed by atoms with E-state index in [-0.39, 0.29) is 16.9 Å². The van der Waals surface area contributed by atoms with E-state index in [1.807, 2.05) is 0 Å². The van der Waals surface area contributed by atoms with Crippen LogP contribution in [0.3, 0.4) is 0 Å². The van der Waals surface area contributed by atoms with Gasteiger partial charge in [-0.25, -0.2) is 9.59 Å². The summed E-state index contributed by atoms with van der Waals surface area (Å²) in [5.74, 6) is -2.10. The lowest BCUT2D eigenvalue weighted by atomic mass is 10.0. The topological polar surface area (TPSA) is 83.8 Å². The fourth-order valence-corrected chi connectivity index (χ4v) is 1.25. The third-order valence-corrected chi connectivity index (χ3v) is 2.06. The van der Waals surface area contributed by atoms with Gasteiger partial charge in [0.1, 0.15) is 5.75 Å². The van der Waals surface area contributed by atoms with E-state index in [9.17, 15) is 9.59 Å². The van der Waals surface area contributed by atoms with Crippen molar-refractivity contribution < 1.29 is 24.5 Å². The Morgan fingerprint density at radius 2 is 1.80 bits per heavy atom. The maximum absolute atomic E-state index is 10.8. The van der Waals surface area contributed by atoms with E-state index in [0.29, 0.717) is 5.56 Å². The van der Waals surface area contributed by atoms with E-state index < -0.39 is 11.9 Å². The lowest BCUT2D eigenvalue weighted by molar-refractivity contribution is 0.0695. The molecule has 0 spiro atoms. The first-order valence-electron chi connectivity index (χ1n) is 4.12. The van der Waals surface area contributed by atoms with Gasteiger partial charge in [-0.15, -0.1) is 0 Å². The average molecular weight is 210 g/mol. The quantitative estimate of drug-likeness (QED) is 0.787. The van der Waals surface area contributed by atoms with Gasteiger partial charge in [-0.3, -0.25) is 0 Å². The highest BCUT2D eigenvalue weighted by Crippen LogP contribution is 2.23. The van der Waals surface area contributed by atoms with Crippen LogP contribution in [0.4, 0.5) is 0 Å². The molecule has 15 heavy (non-hydrogen) atoms. The molecule has 0 unspecified atom stereocenters. The van der Waals surface area contributed by atoms with Gasteiger partial charge in [0.05, 0.1) is 18.2 Å². The molecule has 0 heterocycles. The summed E-state index contributed by atoms with van der Waals surface area (Å²) < 4.78 is 4.90. The Hall–Kier alpha value is -2.04. The Kier molecular flexibility index (Phi) is 2.94. The number of ether oxygens (including phenoxy) is 1. The van der Waals surface area contributed by atoms with E-state index >= 15 is 0 Å². The fourth-order valence-electron chi connectivity index (χ4n) is 1.25. The van der Waals surface area contributed by atoms with Crippen molar-refractivity contribution in [1.29, 1.82) is 0 Å². The van der Waals surface area contributed by atoms with Crippen molar-refractivity contribution in [3.8, 4) is 5.75 Å². The smallest absolute Gasteiger partial charge is 0.336 e. The molecular weight excluding hydrogens is 200 g/mol. The molecule has 0 aliphatic heterocycles. The Morgan fingerprint density at radius 1 is 1.20 bits per heavy atom. The molecular formula is C10H10O5. The van der Waals surface area contributed by atoms with Crippen LogP contribution in [-0.4, -0.2) is 29.3 Å². The second-order valence-electron chi connectivity index (χ2n) is 2.96. The average Bonchev–Trinajstić information content (AvgIpc) is 2.17. The lowest BCUT2D eigenvalue weighted by Gasteiger charge is -2.08. The molecule has 0 saturated carbocycles. The van der Waals surface area contributed by atoms with Crippen molar-refractivity contribution in [1.82, 2.24) is 0 Å². The second kappa shape index (κ2) is 4.00. The van der Waals surface area contributed by atoms with Gasteiger partial charge in [0, 0.05) is 5.56 Å². The molecule has 5 heteroatoms. The zero-order valence-electron chi connectivity index (χ0n) is 8.27. The predicted molar refractivity (Wildman–Crippen MR) is 51.6 cm³/mol. The van der Waals surface area contributed by atoms with E-state index in [2.05, 4.69) is 0 Å². The van der Waals surface area contributed by atoms with Crippen LogP contribution in [-0.2, 0) is 0 Å². The number of rotatable bonds is 3. The van der Waals surface area contributed by atoms with Crippen molar-refractivity contribution in [3.05, 3.63) is 28.8 Å². The molecule has 0 radical (unpaired) electrons. The van der Waals surface area contributed by atoms with E-state index in [1.165, 1.54) is 13.2 Å². The van der Waals surface area contributed by atoms with Gasteiger partial charge in [0.15, 0.2) is 0 Å². The second-order valence-corrected chi connectivity index (χ2v) is 2.96. The fraction of sp³-hybridized carbons (Fsp3) is 0.200. The minimum atomic E-state index is -1.18. The van der Waals surface area contributed by atoms with Crippen molar-refractivity contribution in [2.45, 2.75) is 6.92 Å². The number of hydrogen-bond acceptors (Lipinski definition) is 3. The molecule has 80 valence electrons. The third-order valence-electron chi connectivity index (χ3n) is 2.06. The summed E-state index contributed by atoms with van der Waals surface area (Å²) in [6.07, 6.45) is 0. The van der Waals surface area contributed by atoms with Gasteiger partial charge in [-0.1, -0.05) is 0 Å². The Bertz CT molecular complexity index is 422. The van der Waals surface area contributed by atoms with Crippen molar-refractivity contribution in [2.75, 3.05) is 7.11 Å². The molecule has 2 N–H and O–H groups in total. The van der Waals surface area contributed by atoms with Crippen LogP contribution in [0.5, 0.6) is 5.75 Å². The van der Waals surface area contributed by atoms with E-state index in [1.54, 1.807) is 6.92 Å². The third kappa shape index (κ3) is 2.07. The number of methoxy groups -OCH3 is 1. The number of hydrogen-bond donors (Lipinski definition) is 2. The SMILES string of the molecule is COc1cc(C(=O)O)cc(C(=O)O)c1C. The zero-order valence-corrected chi connectivity index (χ0v) is 8.27. The number of aromatic carboxylic acids is 2. The molecule has 0 atom stereocenters. The minimum Gasteiger partial charge on any atom is -0.496 e. The standard InChI is InChI=1S/C10H10O5/c1-5-7(10(13)14)3-6(9(11)12)4-8(5)15-2/h3-4H,1-2H3,(H,11,12)(H,13,14). The van der Waals surface area contributed by atoms with Crippen LogP contribution < -0.4 is 4.74 Å². The van der Waals surface area contributed by atoms with Crippen LogP contribution in [0.2, 0.25) is 0 Å². The summed E-state index contributed by atoms with van der Waals surface area (Å²) in [4.78, 5) is 21.5. The molecule has 0 aliphatic rings. The highest BCUT2D eigenvalue weighted by Gasteiger charge is 2.16. The maximum atomic E-state index is 10.8. The largest absolute Gasteiger partial charge is 0.496 e. The molecule has 0 saturated heterocycles. The summed E-state index contributed by atoms with van der Waals surface area (Å²) in [6.45, 7) is 1.56. The molecule has 1 rings (SSSR count). The normalized spacial score (nSPS) is 9.73. The maximum Gasteiger partial charge on any atom is 0.336 e. The molecule has 1 aromatic carbocycles. The molecule has 0 aromatic heterocycles. The minimum absolute atomic E-state index is 0.0632. The van der Waals surface area contributed by atoms with Gasteiger partial charge >= 0.3 is 11.9 Å².